The van der Waals surface area contributed by atoms with Crippen molar-refractivity contribution in [2.75, 3.05) is 11.9 Å². The van der Waals surface area contributed by atoms with E-state index < -0.39 is 0 Å². The van der Waals surface area contributed by atoms with E-state index in [-0.39, 0.29) is 12.0 Å². The second kappa shape index (κ2) is 7.21. The maximum Gasteiger partial charge on any atom is 0.255 e. The molecule has 0 saturated heterocycles. The summed E-state index contributed by atoms with van der Waals surface area (Å²) in [6.07, 6.45) is 3.26. The molecule has 0 radical (unpaired) electrons. The summed E-state index contributed by atoms with van der Waals surface area (Å²) in [6.45, 7) is 0.986. The van der Waals surface area contributed by atoms with Crippen LogP contribution < -0.4 is 14.8 Å². The summed E-state index contributed by atoms with van der Waals surface area (Å²) in [5.41, 5.74) is 1.22. The molecule has 0 spiro atoms. The smallest absolute Gasteiger partial charge is 0.255 e. The van der Waals surface area contributed by atoms with Gasteiger partial charge in [0.2, 0.25) is 0 Å². The molecule has 1 aliphatic rings. The molecule has 132 valence electrons. The fraction of sp³-hybridized carbons (Fsp3) is 0.158. The van der Waals surface area contributed by atoms with Gasteiger partial charge in [-0.3, -0.25) is 9.48 Å². The first-order valence-corrected chi connectivity index (χ1v) is 8.94. The lowest BCUT2D eigenvalue weighted by Crippen LogP contribution is -2.33. The largest absolute Gasteiger partial charge is 0.486 e. The van der Waals surface area contributed by atoms with Gasteiger partial charge in [-0.25, -0.2) is 0 Å². The van der Waals surface area contributed by atoms with Crippen molar-refractivity contribution in [3.05, 3.63) is 71.0 Å². The number of aromatic nitrogens is 2. The highest BCUT2D eigenvalue weighted by molar-refractivity contribution is 9.10. The van der Waals surface area contributed by atoms with Crippen LogP contribution in [0.1, 0.15) is 10.4 Å². The van der Waals surface area contributed by atoms with Crippen molar-refractivity contribution in [3.63, 3.8) is 0 Å². The average molecular weight is 414 g/mol. The molecule has 0 bridgehead atoms. The molecule has 2 heterocycles. The van der Waals surface area contributed by atoms with E-state index >= 15 is 0 Å². The van der Waals surface area contributed by atoms with Gasteiger partial charge in [-0.05, 0) is 36.4 Å². The second-order valence-corrected chi connectivity index (χ2v) is 6.83. The van der Waals surface area contributed by atoms with E-state index in [4.69, 9.17) is 9.47 Å². The molecule has 1 amide bonds. The Morgan fingerprint density at radius 2 is 1.96 bits per heavy atom. The Hall–Kier alpha value is -2.80. The first kappa shape index (κ1) is 16.7. The quantitative estimate of drug-likeness (QED) is 0.707. The van der Waals surface area contributed by atoms with Crippen LogP contribution in [-0.4, -0.2) is 28.4 Å². The molecule has 1 aliphatic heterocycles. The number of anilines is 1. The van der Waals surface area contributed by atoms with E-state index in [1.165, 1.54) is 0 Å². The number of benzene rings is 2. The van der Waals surface area contributed by atoms with Gasteiger partial charge in [0.1, 0.15) is 6.61 Å². The molecular formula is C19H16BrN3O3. The van der Waals surface area contributed by atoms with Gasteiger partial charge in [0.05, 0.1) is 18.4 Å². The number of hydrogen-bond donors (Lipinski definition) is 1. The van der Waals surface area contributed by atoms with Gasteiger partial charge in [-0.2, -0.15) is 5.10 Å². The number of ether oxygens (including phenoxy) is 2. The highest BCUT2D eigenvalue weighted by atomic mass is 79.9. The summed E-state index contributed by atoms with van der Waals surface area (Å²) in [7, 11) is 0. The second-order valence-electron chi connectivity index (χ2n) is 5.91. The molecule has 3 aromatic rings. The molecular weight excluding hydrogens is 398 g/mol. The Balaban J connectivity index is 1.38. The number of rotatable bonds is 4. The fourth-order valence-corrected chi connectivity index (χ4v) is 2.96. The van der Waals surface area contributed by atoms with Crippen molar-refractivity contribution in [1.29, 1.82) is 0 Å². The summed E-state index contributed by atoms with van der Waals surface area (Å²) >= 11 is 3.35. The molecule has 2 aromatic carbocycles. The summed E-state index contributed by atoms with van der Waals surface area (Å²) in [6, 6.07) is 14.8. The van der Waals surface area contributed by atoms with Gasteiger partial charge in [0.15, 0.2) is 17.6 Å². The maximum absolute atomic E-state index is 12.3. The highest BCUT2D eigenvalue weighted by Crippen LogP contribution is 2.31. The lowest BCUT2D eigenvalue weighted by molar-refractivity contribution is 0.0759. The predicted octanol–water partition coefficient (Wildman–Crippen LogP) is 3.74. The number of carbonyl (C=O) groups excluding carboxylic acids is 1. The van der Waals surface area contributed by atoms with Crippen LogP contribution in [0.5, 0.6) is 11.5 Å². The molecule has 0 saturated carbocycles. The van der Waals surface area contributed by atoms with Crippen LogP contribution in [0.4, 0.5) is 5.69 Å². The minimum absolute atomic E-state index is 0.139. The summed E-state index contributed by atoms with van der Waals surface area (Å²) in [5, 5.41) is 7.13. The number of halogens is 1. The van der Waals surface area contributed by atoms with Gasteiger partial charge in [0, 0.05) is 16.2 Å². The molecule has 0 fully saturated rings. The monoisotopic (exact) mass is 413 g/mol. The zero-order valence-corrected chi connectivity index (χ0v) is 15.3. The van der Waals surface area contributed by atoms with E-state index in [2.05, 4.69) is 26.3 Å². The molecule has 6 nitrogen and oxygen atoms in total. The molecule has 1 aromatic heterocycles. The van der Waals surface area contributed by atoms with E-state index in [1.807, 2.05) is 36.4 Å². The summed E-state index contributed by atoms with van der Waals surface area (Å²) < 4.78 is 14.3. The third kappa shape index (κ3) is 3.72. The van der Waals surface area contributed by atoms with E-state index in [1.54, 1.807) is 29.2 Å². The van der Waals surface area contributed by atoms with Gasteiger partial charge in [-0.1, -0.05) is 28.1 Å². The number of amides is 1. The normalized spacial score (nSPS) is 15.5. The first-order chi connectivity index (χ1) is 12.7. The molecule has 26 heavy (non-hydrogen) atoms. The number of carbonyl (C=O) groups is 1. The standard InChI is InChI=1S/C19H16BrN3O3/c20-14-7-5-13(6-8-14)19(24)22-15-9-21-23(10-15)11-16-12-25-17-3-1-2-4-18(17)26-16/h1-10,16H,11-12H2,(H,22,24). The van der Waals surface area contributed by atoms with Crippen LogP contribution >= 0.6 is 15.9 Å². The van der Waals surface area contributed by atoms with Crippen LogP contribution in [0.15, 0.2) is 65.4 Å². The molecule has 1 unspecified atom stereocenters. The first-order valence-electron chi connectivity index (χ1n) is 8.15. The molecule has 7 heteroatoms. The Labute approximate surface area is 158 Å². The van der Waals surface area contributed by atoms with E-state index in [9.17, 15) is 4.79 Å². The van der Waals surface area contributed by atoms with Crippen LogP contribution in [0.3, 0.4) is 0 Å². The SMILES string of the molecule is O=C(Nc1cnn(CC2COc3ccccc3O2)c1)c1ccc(Br)cc1. The fourth-order valence-electron chi connectivity index (χ4n) is 2.69. The van der Waals surface area contributed by atoms with Gasteiger partial charge < -0.3 is 14.8 Å². The van der Waals surface area contributed by atoms with Crippen LogP contribution in [0.2, 0.25) is 0 Å². The van der Waals surface area contributed by atoms with Crippen molar-refractivity contribution in [1.82, 2.24) is 9.78 Å². The van der Waals surface area contributed by atoms with Crippen molar-refractivity contribution in [2.24, 2.45) is 0 Å². The summed E-state index contributed by atoms with van der Waals surface area (Å²) in [5.74, 6) is 1.31. The number of nitrogens with zero attached hydrogens (tertiary/aromatic N) is 2. The van der Waals surface area contributed by atoms with Crippen molar-refractivity contribution >= 4 is 27.5 Å². The number of hydrogen-bond acceptors (Lipinski definition) is 4. The molecule has 0 aliphatic carbocycles. The lowest BCUT2D eigenvalue weighted by atomic mass is 10.2. The van der Waals surface area contributed by atoms with Crippen LogP contribution in [0.25, 0.3) is 0 Å². The summed E-state index contributed by atoms with van der Waals surface area (Å²) in [4.78, 5) is 12.3. The van der Waals surface area contributed by atoms with Crippen molar-refractivity contribution in [3.8, 4) is 11.5 Å². The van der Waals surface area contributed by atoms with Crippen LogP contribution in [-0.2, 0) is 6.54 Å². The Morgan fingerprint density at radius 1 is 1.19 bits per heavy atom. The third-order valence-electron chi connectivity index (χ3n) is 3.96. The average Bonchev–Trinajstić information content (AvgIpc) is 3.09. The van der Waals surface area contributed by atoms with Gasteiger partial charge >= 0.3 is 0 Å². The third-order valence-corrected chi connectivity index (χ3v) is 4.48. The Bertz CT molecular complexity index is 924. The van der Waals surface area contributed by atoms with Gasteiger partial charge in [-0.15, -0.1) is 0 Å². The molecule has 1 atom stereocenters. The number of fused-ring (bicyclic) bond motifs is 1. The van der Waals surface area contributed by atoms with Crippen molar-refractivity contribution < 1.29 is 14.3 Å². The highest BCUT2D eigenvalue weighted by Gasteiger charge is 2.21. The zero-order valence-electron chi connectivity index (χ0n) is 13.8. The number of para-hydroxylation sites is 2. The molecule has 4 rings (SSSR count). The topological polar surface area (TPSA) is 65.4 Å². The van der Waals surface area contributed by atoms with Crippen molar-refractivity contribution in [2.45, 2.75) is 12.6 Å². The number of nitrogens with one attached hydrogen (secondary N) is 1. The van der Waals surface area contributed by atoms with E-state index in [0.717, 1.165) is 16.0 Å². The zero-order chi connectivity index (χ0) is 17.9. The predicted molar refractivity (Wildman–Crippen MR) is 101 cm³/mol. The molecule has 1 N–H and O–H groups in total. The minimum Gasteiger partial charge on any atom is -0.486 e. The minimum atomic E-state index is -0.178. The maximum atomic E-state index is 12.3. The van der Waals surface area contributed by atoms with E-state index in [0.29, 0.717) is 24.4 Å². The Kier molecular flexibility index (Phi) is 4.62. The van der Waals surface area contributed by atoms with Crippen LogP contribution in [0, 0.1) is 0 Å². The lowest BCUT2D eigenvalue weighted by Gasteiger charge is -2.26. The van der Waals surface area contributed by atoms with Gasteiger partial charge in [0.25, 0.3) is 5.91 Å². The Morgan fingerprint density at radius 3 is 2.77 bits per heavy atom.